The van der Waals surface area contributed by atoms with E-state index in [4.69, 9.17) is 4.74 Å². The number of allylic oxidation sites excluding steroid dienone is 5. The number of halogens is 2. The van der Waals surface area contributed by atoms with Gasteiger partial charge in [-0.25, -0.2) is 0 Å². The van der Waals surface area contributed by atoms with Crippen molar-refractivity contribution in [2.75, 3.05) is 0 Å². The van der Waals surface area contributed by atoms with Crippen LogP contribution in [0.15, 0.2) is 44.7 Å². The molecule has 0 saturated heterocycles. The van der Waals surface area contributed by atoms with Crippen molar-refractivity contribution in [1.29, 1.82) is 0 Å². The topological polar surface area (TPSA) is 9.23 Å². The zero-order valence-electron chi connectivity index (χ0n) is 14.5. The second-order valence-corrected chi connectivity index (χ2v) is 9.18. The Morgan fingerprint density at radius 3 is 2.35 bits per heavy atom. The molecule has 0 aromatic rings. The van der Waals surface area contributed by atoms with E-state index in [9.17, 15) is 0 Å². The average molecular weight is 408 g/mol. The van der Waals surface area contributed by atoms with E-state index in [-0.39, 0.29) is 41.3 Å². The van der Waals surface area contributed by atoms with Crippen molar-refractivity contribution in [3.63, 3.8) is 0 Å². The van der Waals surface area contributed by atoms with Crippen LogP contribution >= 0.6 is 11.8 Å². The van der Waals surface area contributed by atoms with Crippen LogP contribution < -0.4 is 24.8 Å². The summed E-state index contributed by atoms with van der Waals surface area (Å²) in [6, 6.07) is 0. The van der Waals surface area contributed by atoms with Crippen molar-refractivity contribution >= 4 is 11.8 Å². The minimum atomic E-state index is -0.271. The summed E-state index contributed by atoms with van der Waals surface area (Å²) in [6.07, 6.45) is 13.4. The molecule has 1 unspecified atom stereocenters. The molecule has 0 spiro atoms. The fraction of sp³-hybridized carbons (Fsp3) is 0.556. The van der Waals surface area contributed by atoms with Gasteiger partial charge in [0.05, 0.1) is 0 Å². The van der Waals surface area contributed by atoms with Crippen LogP contribution in [0.25, 0.3) is 0 Å². The minimum absolute atomic E-state index is 0. The number of thioether (sulfide) groups is 1. The molecule has 0 radical (unpaired) electrons. The van der Waals surface area contributed by atoms with Crippen LogP contribution in [-0.2, 0) is 25.2 Å². The Morgan fingerprint density at radius 2 is 1.87 bits per heavy atom. The van der Waals surface area contributed by atoms with Crippen LogP contribution in [0.1, 0.15) is 47.5 Å². The molecule has 2 aliphatic carbocycles. The Bertz CT molecular complexity index is 530. The van der Waals surface area contributed by atoms with E-state index in [0.29, 0.717) is 0 Å². The van der Waals surface area contributed by atoms with Crippen LogP contribution in [-0.4, -0.2) is 11.0 Å². The zero-order valence-corrected chi connectivity index (χ0v) is 18.3. The monoisotopic (exact) mass is 407 g/mol. The molecule has 1 atom stereocenters. The summed E-state index contributed by atoms with van der Waals surface area (Å²) < 4.78 is 7.96. The van der Waals surface area contributed by atoms with Gasteiger partial charge in [0.25, 0.3) is 0 Å². The molecule has 0 aromatic heterocycles. The van der Waals surface area contributed by atoms with Crippen LogP contribution in [0.4, 0.5) is 0 Å². The Labute approximate surface area is 169 Å². The first-order valence-electron chi connectivity index (χ1n) is 7.60. The fourth-order valence-corrected chi connectivity index (χ4v) is 5.00. The maximum absolute atomic E-state index is 6.50. The van der Waals surface area contributed by atoms with Crippen molar-refractivity contribution in [3.8, 4) is 0 Å². The second kappa shape index (κ2) is 9.31. The van der Waals surface area contributed by atoms with Gasteiger partial charge in [0.1, 0.15) is 0 Å². The Kier molecular flexibility index (Phi) is 9.54. The van der Waals surface area contributed by atoms with Gasteiger partial charge in [-0.15, -0.1) is 0 Å². The van der Waals surface area contributed by atoms with Gasteiger partial charge in [-0.2, -0.15) is 0 Å². The van der Waals surface area contributed by atoms with Gasteiger partial charge in [-0.05, 0) is 0 Å². The van der Waals surface area contributed by atoms with Crippen LogP contribution in [0.3, 0.4) is 0 Å². The van der Waals surface area contributed by atoms with E-state index in [1.54, 1.807) is 0 Å². The first kappa shape index (κ1) is 23.6. The van der Waals surface area contributed by atoms with Gasteiger partial charge >= 0.3 is 146 Å². The molecule has 0 bridgehead atoms. The Morgan fingerprint density at radius 1 is 1.22 bits per heavy atom. The van der Waals surface area contributed by atoms with E-state index >= 15 is 0 Å². The summed E-state index contributed by atoms with van der Waals surface area (Å²) in [5, 5.41) is 0. The number of rotatable bonds is 4. The molecule has 1 nitrogen and oxygen atoms in total. The minimum Gasteiger partial charge on any atom is -1.00 e. The molecule has 0 aromatic carbocycles. The molecule has 0 amide bonds. The van der Waals surface area contributed by atoms with Crippen molar-refractivity contribution in [2.24, 2.45) is 5.41 Å². The van der Waals surface area contributed by atoms with E-state index in [0.717, 1.165) is 12.8 Å². The van der Waals surface area contributed by atoms with E-state index in [2.05, 4.69) is 85.4 Å². The molecular formula is C18H25Cl2OSTi. The van der Waals surface area contributed by atoms with Crippen LogP contribution in [0.5, 0.6) is 0 Å². The number of hydrogen-bond donors (Lipinski definition) is 0. The van der Waals surface area contributed by atoms with Gasteiger partial charge < -0.3 is 24.8 Å². The largest absolute Gasteiger partial charge is 1.00 e. The average Bonchev–Trinajstić information content (AvgIpc) is 2.73. The summed E-state index contributed by atoms with van der Waals surface area (Å²) in [5.74, 6) is 0. The van der Waals surface area contributed by atoms with E-state index in [1.807, 2.05) is 11.8 Å². The predicted octanol–water partition coefficient (Wildman–Crippen LogP) is -0.500. The third-order valence-corrected chi connectivity index (χ3v) is 6.03. The Hall–Kier alpha value is 0.564. The molecule has 127 valence electrons. The smallest absolute Gasteiger partial charge is 1.00 e. The van der Waals surface area contributed by atoms with Crippen molar-refractivity contribution < 1.29 is 50.0 Å². The molecule has 2 aliphatic rings. The molecular weight excluding hydrogens is 383 g/mol. The Balaban J connectivity index is 0.00000242. The molecule has 2 rings (SSSR count). The summed E-state index contributed by atoms with van der Waals surface area (Å²) >= 11 is 4.12. The third kappa shape index (κ3) is 5.80. The maximum atomic E-state index is 6.50. The van der Waals surface area contributed by atoms with Crippen LogP contribution in [0.2, 0.25) is 0 Å². The molecule has 0 N–H and O–H groups in total. The first-order chi connectivity index (χ1) is 9.74. The molecule has 0 fully saturated rings. The second-order valence-electron chi connectivity index (χ2n) is 6.93. The normalized spacial score (nSPS) is 23.7. The van der Waals surface area contributed by atoms with Gasteiger partial charge in [-0.3, -0.25) is 0 Å². The van der Waals surface area contributed by atoms with Crippen molar-refractivity contribution in [2.45, 2.75) is 58.5 Å². The first-order valence-corrected chi connectivity index (χ1v) is 9.20. The third-order valence-electron chi connectivity index (χ3n) is 3.59. The molecule has 0 aliphatic heterocycles. The molecule has 0 heterocycles. The summed E-state index contributed by atoms with van der Waals surface area (Å²) in [5.41, 5.74) is 1.49. The van der Waals surface area contributed by atoms with E-state index in [1.165, 1.54) is 14.4 Å². The summed E-state index contributed by atoms with van der Waals surface area (Å²) in [4.78, 5) is 1.10. The summed E-state index contributed by atoms with van der Waals surface area (Å²) in [7, 11) is 0. The molecule has 5 heteroatoms. The van der Waals surface area contributed by atoms with Gasteiger partial charge in [-0.1, -0.05) is 0 Å². The predicted molar refractivity (Wildman–Crippen MR) is 88.6 cm³/mol. The molecule has 0 saturated carbocycles. The van der Waals surface area contributed by atoms with Crippen LogP contribution in [0, 0.1) is 5.41 Å². The SMILES string of the molecule is CC(C)OC1(SC2=[C]([Ti+2])CC=C2)CC=CC=C1C(C)(C)C.[Cl-].[Cl-]. The number of ether oxygens (including phenoxy) is 1. The quantitative estimate of drug-likeness (QED) is 0.459. The van der Waals surface area contributed by atoms with Gasteiger partial charge in [0.2, 0.25) is 0 Å². The number of hydrogen-bond acceptors (Lipinski definition) is 2. The van der Waals surface area contributed by atoms with Crippen molar-refractivity contribution in [3.05, 3.63) is 44.7 Å². The van der Waals surface area contributed by atoms with Gasteiger partial charge in [0.15, 0.2) is 0 Å². The van der Waals surface area contributed by atoms with E-state index < -0.39 is 0 Å². The fourth-order valence-electron chi connectivity index (χ4n) is 2.82. The summed E-state index contributed by atoms with van der Waals surface area (Å²) in [6.45, 7) is 11.1. The van der Waals surface area contributed by atoms with Gasteiger partial charge in [0, 0.05) is 0 Å². The zero-order chi connectivity index (χ0) is 15.7. The standard InChI is InChI=1S/C18H25OS.2ClH.Ti/c1-14(2)19-18(20-15-10-6-7-11-15)13-9-8-12-16(18)17(3,4)5;;;/h6,8-10,12,14H,7,13H2,1-5H3;2*1H;/q;;;+2/p-2. The van der Waals surface area contributed by atoms with Crippen molar-refractivity contribution in [1.82, 2.24) is 0 Å². The molecule has 23 heavy (non-hydrogen) atoms. The maximum Gasteiger partial charge on any atom is -1.00 e.